The number of amides is 2. The Kier molecular flexibility index (Phi) is 9.27. The Bertz CT molecular complexity index is 1480. The Hall–Kier alpha value is -3.45. The molecule has 236 valence electrons. The van der Waals surface area contributed by atoms with E-state index in [0.29, 0.717) is 48.8 Å². The molecule has 2 atom stereocenters. The summed E-state index contributed by atoms with van der Waals surface area (Å²) in [5.74, 6) is -0.155. The first-order valence-corrected chi connectivity index (χ1v) is 16.0. The van der Waals surface area contributed by atoms with Crippen molar-refractivity contribution in [2.24, 2.45) is 11.8 Å². The minimum Gasteiger partial charge on any atom is -0.493 e. The fourth-order valence-corrected chi connectivity index (χ4v) is 7.30. The lowest BCUT2D eigenvalue weighted by molar-refractivity contribution is 0.0975. The molecule has 3 N–H and O–H groups in total. The van der Waals surface area contributed by atoms with Crippen LogP contribution in [0.15, 0.2) is 30.3 Å². The Morgan fingerprint density at radius 1 is 1.21 bits per heavy atom. The second-order valence-corrected chi connectivity index (χ2v) is 14.7. The summed E-state index contributed by atoms with van der Waals surface area (Å²) in [4.78, 5) is 31.7. The molecular weight excluding hydrogens is 577 g/mol. The molecule has 4 rings (SSSR count). The lowest BCUT2D eigenvalue weighted by Crippen LogP contribution is -2.59. The molecule has 0 bridgehead atoms. The zero-order valence-corrected chi connectivity index (χ0v) is 26.4. The van der Waals surface area contributed by atoms with Crippen LogP contribution in [0.2, 0.25) is 0 Å². The second kappa shape index (κ2) is 12.3. The first kappa shape index (κ1) is 32.5. The molecule has 11 nitrogen and oxygen atoms in total. The number of pyridine rings is 1. The van der Waals surface area contributed by atoms with Gasteiger partial charge in [-0.1, -0.05) is 20.8 Å². The fraction of sp³-hybridized carbons (Fsp3) is 0.567. The molecule has 0 spiro atoms. The van der Waals surface area contributed by atoms with Gasteiger partial charge in [-0.15, -0.1) is 0 Å². The molecule has 0 aliphatic carbocycles. The number of carbonyl (C=O) groups excluding carboxylic acids is 1. The number of piperidine rings is 1. The highest BCUT2D eigenvalue weighted by Gasteiger charge is 2.41. The van der Waals surface area contributed by atoms with E-state index in [1.807, 2.05) is 32.6 Å². The van der Waals surface area contributed by atoms with E-state index >= 15 is 0 Å². The van der Waals surface area contributed by atoms with E-state index in [4.69, 9.17) is 9.72 Å². The lowest BCUT2D eigenvalue weighted by atomic mass is 9.93. The number of aromatic nitrogens is 1. The lowest BCUT2D eigenvalue weighted by Gasteiger charge is -2.39. The van der Waals surface area contributed by atoms with Crippen LogP contribution in [0.1, 0.15) is 71.2 Å². The van der Waals surface area contributed by atoms with Crippen molar-refractivity contribution < 1.29 is 32.2 Å². The van der Waals surface area contributed by atoms with Crippen LogP contribution >= 0.6 is 0 Å². The number of nitrogens with zero attached hydrogens (tertiary/aromatic N) is 3. The van der Waals surface area contributed by atoms with E-state index in [1.165, 1.54) is 18.2 Å². The van der Waals surface area contributed by atoms with Crippen molar-refractivity contribution in [3.05, 3.63) is 41.7 Å². The van der Waals surface area contributed by atoms with Crippen molar-refractivity contribution >= 4 is 28.0 Å². The maximum absolute atomic E-state index is 14.6. The molecule has 2 aliphatic rings. The molecule has 2 saturated heterocycles. The first-order chi connectivity index (χ1) is 20.0. The van der Waals surface area contributed by atoms with Gasteiger partial charge in [-0.3, -0.25) is 4.79 Å². The third-order valence-corrected chi connectivity index (χ3v) is 9.27. The molecule has 13 heteroatoms. The van der Waals surface area contributed by atoms with Gasteiger partial charge in [0.2, 0.25) is 0 Å². The molecule has 2 fully saturated rings. The predicted molar refractivity (Wildman–Crippen MR) is 162 cm³/mol. The SMILES string of the molecule is CC(C)COc1cc(F)cc(-c2ccc(C(=O)NS(=O)(=O)N3CCCC(C)(NC(=O)O)C3)c(N3CC(C)CC3(C)C)n2)c1. The smallest absolute Gasteiger partial charge is 0.405 e. The molecular formula is C30H42FN5O6S. The van der Waals surface area contributed by atoms with Gasteiger partial charge < -0.3 is 20.1 Å². The quantitative estimate of drug-likeness (QED) is 0.369. The number of benzene rings is 1. The Labute approximate surface area is 253 Å². The number of ether oxygens (including phenoxy) is 1. The zero-order valence-electron chi connectivity index (χ0n) is 25.6. The van der Waals surface area contributed by atoms with Gasteiger partial charge in [-0.2, -0.15) is 12.7 Å². The number of hydrogen-bond donors (Lipinski definition) is 3. The Morgan fingerprint density at radius 2 is 1.93 bits per heavy atom. The first-order valence-electron chi connectivity index (χ1n) is 14.5. The van der Waals surface area contributed by atoms with Gasteiger partial charge in [0.25, 0.3) is 5.91 Å². The number of nitrogens with one attached hydrogen (secondary N) is 2. The van der Waals surface area contributed by atoms with Crippen molar-refractivity contribution in [3.63, 3.8) is 0 Å². The van der Waals surface area contributed by atoms with Gasteiger partial charge in [0.05, 0.1) is 23.4 Å². The standard InChI is InChI=1S/C30H42FN5O6S/c1-19(2)17-42-23-13-21(12-22(31)14-23)25-9-8-24(26(32-25)36-16-20(3)15-29(36,4)5)27(37)34-43(40,41)35-11-7-10-30(6,18-35)33-28(38)39/h8-9,12-14,19-20,33H,7,10-11,15-18H2,1-6H3,(H,34,37)(H,38,39). The highest BCUT2D eigenvalue weighted by atomic mass is 32.2. The normalized spacial score (nSPS) is 22.4. The fourth-order valence-electron chi connectivity index (χ4n) is 6.00. The second-order valence-electron chi connectivity index (χ2n) is 13.0. The number of carboxylic acid groups (broad SMARTS) is 1. The van der Waals surface area contributed by atoms with Crippen LogP contribution in [0.5, 0.6) is 5.75 Å². The van der Waals surface area contributed by atoms with Crippen LogP contribution in [0, 0.1) is 17.7 Å². The molecule has 2 amide bonds. The molecule has 3 heterocycles. The summed E-state index contributed by atoms with van der Waals surface area (Å²) in [6.07, 6.45) is 0.459. The summed E-state index contributed by atoms with van der Waals surface area (Å²) in [6, 6.07) is 7.41. The Balaban J connectivity index is 1.69. The zero-order chi connectivity index (χ0) is 31.7. The highest BCUT2D eigenvalue weighted by Crippen LogP contribution is 2.38. The summed E-state index contributed by atoms with van der Waals surface area (Å²) in [7, 11) is -4.32. The third kappa shape index (κ3) is 7.74. The number of anilines is 1. The minimum absolute atomic E-state index is 0.0608. The van der Waals surface area contributed by atoms with E-state index in [9.17, 15) is 27.5 Å². The molecule has 43 heavy (non-hydrogen) atoms. The molecule has 2 aromatic rings. The van der Waals surface area contributed by atoms with Gasteiger partial charge in [0.1, 0.15) is 17.4 Å². The topological polar surface area (TPSA) is 141 Å². The molecule has 0 saturated carbocycles. The van der Waals surface area contributed by atoms with Crippen LogP contribution in [0.25, 0.3) is 11.3 Å². The van der Waals surface area contributed by atoms with Gasteiger partial charge >= 0.3 is 16.3 Å². The highest BCUT2D eigenvalue weighted by molar-refractivity contribution is 7.87. The van der Waals surface area contributed by atoms with E-state index in [1.54, 1.807) is 19.1 Å². The van der Waals surface area contributed by atoms with E-state index in [-0.39, 0.29) is 36.0 Å². The van der Waals surface area contributed by atoms with Crippen molar-refractivity contribution in [1.29, 1.82) is 0 Å². The minimum atomic E-state index is -4.32. The van der Waals surface area contributed by atoms with Gasteiger partial charge in [0, 0.05) is 36.8 Å². The van der Waals surface area contributed by atoms with Crippen molar-refractivity contribution in [1.82, 2.24) is 19.3 Å². The summed E-state index contributed by atoms with van der Waals surface area (Å²) in [5.41, 5.74) is -0.447. The molecule has 1 aromatic heterocycles. The maximum atomic E-state index is 14.6. The van der Waals surface area contributed by atoms with Crippen molar-refractivity contribution in [2.45, 2.75) is 71.9 Å². The predicted octanol–water partition coefficient (Wildman–Crippen LogP) is 4.64. The van der Waals surface area contributed by atoms with Crippen LogP contribution in [0.4, 0.5) is 15.0 Å². The van der Waals surface area contributed by atoms with Crippen LogP contribution in [-0.4, -0.2) is 72.1 Å². The van der Waals surface area contributed by atoms with E-state index in [2.05, 4.69) is 17.0 Å². The summed E-state index contributed by atoms with van der Waals surface area (Å²) < 4.78 is 50.3. The number of hydrogen-bond acceptors (Lipinski definition) is 7. The van der Waals surface area contributed by atoms with Crippen molar-refractivity contribution in [3.8, 4) is 17.0 Å². The van der Waals surface area contributed by atoms with E-state index in [0.717, 1.165) is 10.7 Å². The molecule has 1 aromatic carbocycles. The maximum Gasteiger partial charge on any atom is 0.405 e. The monoisotopic (exact) mass is 619 g/mol. The molecule has 0 radical (unpaired) electrons. The Morgan fingerprint density at radius 3 is 2.56 bits per heavy atom. The number of rotatable bonds is 9. The molecule has 2 unspecified atom stereocenters. The van der Waals surface area contributed by atoms with Gasteiger partial charge in [0.15, 0.2) is 0 Å². The van der Waals surface area contributed by atoms with E-state index < -0.39 is 33.6 Å². The average molecular weight is 620 g/mol. The average Bonchev–Trinajstić information content (AvgIpc) is 3.17. The summed E-state index contributed by atoms with van der Waals surface area (Å²) >= 11 is 0. The molecule has 2 aliphatic heterocycles. The third-order valence-electron chi connectivity index (χ3n) is 7.83. The summed E-state index contributed by atoms with van der Waals surface area (Å²) in [5, 5.41) is 11.6. The number of halogens is 1. The summed E-state index contributed by atoms with van der Waals surface area (Å²) in [6.45, 7) is 12.8. The van der Waals surface area contributed by atoms with Gasteiger partial charge in [-0.25, -0.2) is 18.9 Å². The number of carbonyl (C=O) groups is 2. The van der Waals surface area contributed by atoms with Crippen LogP contribution in [-0.2, 0) is 10.2 Å². The van der Waals surface area contributed by atoms with Crippen molar-refractivity contribution in [2.75, 3.05) is 31.1 Å². The largest absolute Gasteiger partial charge is 0.493 e. The van der Waals surface area contributed by atoms with Gasteiger partial charge in [-0.05, 0) is 76.1 Å². The van der Waals surface area contributed by atoms with Crippen LogP contribution < -0.4 is 19.7 Å². The van der Waals surface area contributed by atoms with Crippen LogP contribution in [0.3, 0.4) is 0 Å².